The number of halogens is 2. The highest BCUT2D eigenvalue weighted by Gasteiger charge is 2.16. The van der Waals surface area contributed by atoms with Crippen LogP contribution in [0.1, 0.15) is 30.9 Å². The van der Waals surface area contributed by atoms with Crippen molar-refractivity contribution in [2.45, 2.75) is 39.0 Å². The van der Waals surface area contributed by atoms with Gasteiger partial charge in [0.15, 0.2) is 11.5 Å². The van der Waals surface area contributed by atoms with Crippen molar-refractivity contribution < 1.29 is 14.2 Å². The lowest BCUT2D eigenvalue weighted by atomic mass is 10.2. The molecule has 1 N–H and O–H groups in total. The van der Waals surface area contributed by atoms with Crippen molar-refractivity contribution in [3.8, 4) is 11.5 Å². The van der Waals surface area contributed by atoms with Crippen LogP contribution in [0.4, 0.5) is 0 Å². The second-order valence-corrected chi connectivity index (χ2v) is 7.81. The Morgan fingerprint density at radius 1 is 1.22 bits per heavy atom. The quantitative estimate of drug-likeness (QED) is 0.554. The molecule has 0 spiro atoms. The zero-order chi connectivity index (χ0) is 19.1. The fourth-order valence-corrected chi connectivity index (χ4v) is 3.91. The maximum atomic E-state index is 6.05. The van der Waals surface area contributed by atoms with Crippen molar-refractivity contribution in [3.63, 3.8) is 0 Å². The van der Waals surface area contributed by atoms with Gasteiger partial charge in [-0.05, 0) is 71.1 Å². The van der Waals surface area contributed by atoms with Gasteiger partial charge < -0.3 is 19.5 Å². The van der Waals surface area contributed by atoms with Crippen LogP contribution in [0, 0.1) is 0 Å². The van der Waals surface area contributed by atoms with Crippen molar-refractivity contribution in [3.05, 3.63) is 57.0 Å². The van der Waals surface area contributed by atoms with Gasteiger partial charge in [0.1, 0.15) is 6.61 Å². The number of hydrogen-bond donors (Lipinski definition) is 1. The standard InChI is InChI=1S/C21H25BrClNO3/c1-2-25-20-11-16(12-24-13-18-7-4-8-26-18)10-19(22)21(20)27-14-15-5-3-6-17(23)9-15/h3,5-6,9-11,18,24H,2,4,7-8,12-14H2,1H3. The fourth-order valence-electron chi connectivity index (χ4n) is 3.09. The van der Waals surface area contributed by atoms with Gasteiger partial charge in [-0.25, -0.2) is 0 Å². The van der Waals surface area contributed by atoms with Gasteiger partial charge in [-0.3, -0.25) is 0 Å². The Bertz CT molecular complexity index is 750. The normalized spacial score (nSPS) is 16.5. The lowest BCUT2D eigenvalue weighted by Gasteiger charge is -2.16. The first-order valence-electron chi connectivity index (χ1n) is 9.30. The number of hydrogen-bond acceptors (Lipinski definition) is 4. The lowest BCUT2D eigenvalue weighted by Crippen LogP contribution is -2.25. The molecule has 0 bridgehead atoms. The molecule has 1 heterocycles. The highest BCUT2D eigenvalue weighted by Crippen LogP contribution is 2.37. The molecule has 6 heteroatoms. The third-order valence-electron chi connectivity index (χ3n) is 4.37. The van der Waals surface area contributed by atoms with E-state index in [2.05, 4.69) is 27.3 Å². The van der Waals surface area contributed by atoms with Gasteiger partial charge in [0.05, 0.1) is 17.2 Å². The topological polar surface area (TPSA) is 39.7 Å². The van der Waals surface area contributed by atoms with Crippen LogP contribution in [0.2, 0.25) is 5.02 Å². The summed E-state index contributed by atoms with van der Waals surface area (Å²) in [6.45, 7) is 5.48. The van der Waals surface area contributed by atoms with Crippen LogP contribution in [-0.4, -0.2) is 25.9 Å². The van der Waals surface area contributed by atoms with E-state index in [1.54, 1.807) is 0 Å². The Morgan fingerprint density at radius 3 is 2.85 bits per heavy atom. The summed E-state index contributed by atoms with van der Waals surface area (Å²) >= 11 is 9.68. The van der Waals surface area contributed by atoms with Crippen LogP contribution < -0.4 is 14.8 Å². The molecule has 0 radical (unpaired) electrons. The molecule has 0 saturated carbocycles. The first-order valence-corrected chi connectivity index (χ1v) is 10.5. The Hall–Kier alpha value is -1.27. The van der Waals surface area contributed by atoms with Crippen molar-refractivity contribution in [2.75, 3.05) is 19.8 Å². The lowest BCUT2D eigenvalue weighted by molar-refractivity contribution is 0.110. The second kappa shape index (κ2) is 10.3. The van der Waals surface area contributed by atoms with Gasteiger partial charge in [-0.1, -0.05) is 23.7 Å². The monoisotopic (exact) mass is 453 g/mol. The van der Waals surface area contributed by atoms with E-state index >= 15 is 0 Å². The van der Waals surface area contributed by atoms with Gasteiger partial charge in [0.2, 0.25) is 0 Å². The van der Waals surface area contributed by atoms with Gasteiger partial charge in [-0.2, -0.15) is 0 Å². The van der Waals surface area contributed by atoms with E-state index in [4.69, 9.17) is 25.8 Å². The Labute approximate surface area is 174 Å². The van der Waals surface area contributed by atoms with E-state index in [1.807, 2.05) is 37.3 Å². The maximum Gasteiger partial charge on any atom is 0.175 e. The van der Waals surface area contributed by atoms with Crippen molar-refractivity contribution in [1.29, 1.82) is 0 Å². The fraction of sp³-hybridized carbons (Fsp3) is 0.429. The molecule has 1 saturated heterocycles. The molecule has 0 amide bonds. The summed E-state index contributed by atoms with van der Waals surface area (Å²) in [5.74, 6) is 1.45. The third-order valence-corrected chi connectivity index (χ3v) is 5.19. The van der Waals surface area contributed by atoms with Crippen LogP contribution >= 0.6 is 27.5 Å². The molecule has 1 aliphatic rings. The minimum Gasteiger partial charge on any atom is -0.490 e. The van der Waals surface area contributed by atoms with Crippen molar-refractivity contribution in [2.24, 2.45) is 0 Å². The summed E-state index contributed by atoms with van der Waals surface area (Å²) in [5.41, 5.74) is 2.15. The molecular weight excluding hydrogens is 430 g/mol. The van der Waals surface area contributed by atoms with Crippen LogP contribution in [0.3, 0.4) is 0 Å². The van der Waals surface area contributed by atoms with Crippen LogP contribution in [0.15, 0.2) is 40.9 Å². The van der Waals surface area contributed by atoms with Crippen molar-refractivity contribution >= 4 is 27.5 Å². The molecule has 27 heavy (non-hydrogen) atoms. The van der Waals surface area contributed by atoms with Gasteiger partial charge >= 0.3 is 0 Å². The van der Waals surface area contributed by atoms with Crippen LogP contribution in [-0.2, 0) is 17.9 Å². The predicted molar refractivity (Wildman–Crippen MR) is 112 cm³/mol. The molecule has 1 unspecified atom stereocenters. The van der Waals surface area contributed by atoms with E-state index in [1.165, 1.54) is 0 Å². The maximum absolute atomic E-state index is 6.05. The summed E-state index contributed by atoms with van der Waals surface area (Å²) in [6.07, 6.45) is 2.63. The predicted octanol–water partition coefficient (Wildman–Crippen LogP) is 5.35. The summed E-state index contributed by atoms with van der Waals surface area (Å²) in [6, 6.07) is 11.8. The van der Waals surface area contributed by atoms with E-state index in [-0.39, 0.29) is 0 Å². The van der Waals surface area contributed by atoms with Gasteiger partial charge in [0.25, 0.3) is 0 Å². The van der Waals surface area contributed by atoms with E-state index in [0.29, 0.717) is 30.1 Å². The van der Waals surface area contributed by atoms with Crippen LogP contribution in [0.25, 0.3) is 0 Å². The zero-order valence-electron chi connectivity index (χ0n) is 15.5. The highest BCUT2D eigenvalue weighted by atomic mass is 79.9. The van der Waals surface area contributed by atoms with Crippen molar-refractivity contribution in [1.82, 2.24) is 5.32 Å². The smallest absolute Gasteiger partial charge is 0.175 e. The Kier molecular flexibility index (Phi) is 7.82. The molecule has 4 nitrogen and oxygen atoms in total. The summed E-state index contributed by atoms with van der Waals surface area (Å²) in [5, 5.41) is 4.17. The minimum atomic E-state index is 0.333. The van der Waals surface area contributed by atoms with E-state index in [9.17, 15) is 0 Å². The molecule has 0 aliphatic carbocycles. The zero-order valence-corrected chi connectivity index (χ0v) is 17.8. The van der Waals surface area contributed by atoms with Crippen LogP contribution in [0.5, 0.6) is 11.5 Å². The first kappa shape index (κ1) is 20.5. The average molecular weight is 455 g/mol. The number of benzene rings is 2. The number of nitrogens with one attached hydrogen (secondary N) is 1. The molecular formula is C21H25BrClNO3. The summed E-state index contributed by atoms with van der Waals surface area (Å²) < 4.78 is 18.4. The second-order valence-electron chi connectivity index (χ2n) is 6.52. The molecule has 2 aromatic carbocycles. The number of rotatable bonds is 9. The molecule has 0 aromatic heterocycles. The first-order chi connectivity index (χ1) is 13.2. The molecule has 3 rings (SSSR count). The number of ether oxygens (including phenoxy) is 3. The van der Waals surface area contributed by atoms with Gasteiger partial charge in [0, 0.05) is 24.7 Å². The Morgan fingerprint density at radius 2 is 2.11 bits per heavy atom. The molecule has 1 aliphatic heterocycles. The average Bonchev–Trinajstić information content (AvgIpc) is 3.15. The molecule has 1 atom stereocenters. The molecule has 2 aromatic rings. The summed E-state index contributed by atoms with van der Waals surface area (Å²) in [7, 11) is 0. The highest BCUT2D eigenvalue weighted by molar-refractivity contribution is 9.10. The molecule has 146 valence electrons. The minimum absolute atomic E-state index is 0.333. The van der Waals surface area contributed by atoms with Gasteiger partial charge in [-0.15, -0.1) is 0 Å². The SMILES string of the molecule is CCOc1cc(CNCC2CCCO2)cc(Br)c1OCc1cccc(Cl)c1. The molecule has 1 fully saturated rings. The summed E-state index contributed by atoms with van der Waals surface area (Å²) in [4.78, 5) is 0. The Balaban J connectivity index is 1.65. The van der Waals surface area contributed by atoms with E-state index < -0.39 is 0 Å². The largest absolute Gasteiger partial charge is 0.490 e. The van der Waals surface area contributed by atoms with E-state index in [0.717, 1.165) is 53.9 Å². The third kappa shape index (κ3) is 6.11.